The molecule has 1 N–H and O–H groups in total. The van der Waals surface area contributed by atoms with Crippen LogP contribution in [0, 0.1) is 0 Å². The van der Waals surface area contributed by atoms with Gasteiger partial charge in [-0.25, -0.2) is 9.98 Å². The zero-order valence-electron chi connectivity index (χ0n) is 30.0. The monoisotopic (exact) mass is 704 g/mol. The van der Waals surface area contributed by atoms with Gasteiger partial charge in [0.2, 0.25) is 0 Å². The standard InChI is InChI=1S/C51H36N4/c1-4-14-35(15-5-1)39-20-12-22-42(32-39)50-52-49(38-18-8-3-9-19-38)53-51(54-50)43-23-13-21-40(33-43)37-26-29-44(30-27-37)55-47-25-11-10-24-45(47)46-31-28-41(34-48(46)55)36-16-6-2-7-17-36/h1-34,50H,(H,52,53,54). The number of hydrogen-bond donors (Lipinski definition) is 1. The van der Waals surface area contributed by atoms with Crippen LogP contribution in [0.15, 0.2) is 216 Å². The molecule has 10 rings (SSSR count). The molecule has 9 aromatic rings. The smallest absolute Gasteiger partial charge is 0.159 e. The van der Waals surface area contributed by atoms with Crippen LogP contribution in [0.3, 0.4) is 0 Å². The summed E-state index contributed by atoms with van der Waals surface area (Å²) >= 11 is 0. The van der Waals surface area contributed by atoms with Crippen LogP contribution in [0.5, 0.6) is 0 Å². The number of amidine groups is 2. The van der Waals surface area contributed by atoms with Gasteiger partial charge in [0.05, 0.1) is 11.0 Å². The number of nitrogens with zero attached hydrogens (tertiary/aromatic N) is 3. The third-order valence-corrected chi connectivity index (χ3v) is 10.5. The first-order valence-corrected chi connectivity index (χ1v) is 18.7. The van der Waals surface area contributed by atoms with E-state index < -0.39 is 0 Å². The fraction of sp³-hybridized carbons (Fsp3) is 0.0196. The van der Waals surface area contributed by atoms with Crippen molar-refractivity contribution in [2.75, 3.05) is 0 Å². The Morgan fingerprint density at radius 2 is 0.909 bits per heavy atom. The Kier molecular flexibility index (Phi) is 8.19. The van der Waals surface area contributed by atoms with Crippen molar-refractivity contribution in [3.8, 4) is 39.1 Å². The molecule has 4 nitrogen and oxygen atoms in total. The van der Waals surface area contributed by atoms with E-state index >= 15 is 0 Å². The predicted molar refractivity (Wildman–Crippen MR) is 229 cm³/mol. The summed E-state index contributed by atoms with van der Waals surface area (Å²) in [4.78, 5) is 10.2. The lowest BCUT2D eigenvalue weighted by molar-refractivity contribution is 0.674. The Morgan fingerprint density at radius 1 is 0.382 bits per heavy atom. The molecular formula is C51H36N4. The van der Waals surface area contributed by atoms with Crippen molar-refractivity contribution in [1.29, 1.82) is 0 Å². The number of fused-ring (bicyclic) bond motifs is 3. The van der Waals surface area contributed by atoms with Gasteiger partial charge in [-0.05, 0) is 75.3 Å². The first-order valence-electron chi connectivity index (χ1n) is 18.7. The highest BCUT2D eigenvalue weighted by Gasteiger charge is 2.22. The summed E-state index contributed by atoms with van der Waals surface area (Å²) in [7, 11) is 0. The first kappa shape index (κ1) is 32.4. The zero-order valence-corrected chi connectivity index (χ0v) is 30.0. The highest BCUT2D eigenvalue weighted by molar-refractivity contribution is 6.13. The number of para-hydroxylation sites is 1. The second-order valence-electron chi connectivity index (χ2n) is 13.9. The molecule has 1 atom stereocenters. The van der Waals surface area contributed by atoms with Crippen molar-refractivity contribution in [3.63, 3.8) is 0 Å². The van der Waals surface area contributed by atoms with Gasteiger partial charge in [0.15, 0.2) is 5.84 Å². The van der Waals surface area contributed by atoms with Crippen molar-refractivity contribution in [2.45, 2.75) is 6.17 Å². The summed E-state index contributed by atoms with van der Waals surface area (Å²) in [6, 6.07) is 72.9. The highest BCUT2D eigenvalue weighted by Crippen LogP contribution is 2.36. The molecule has 1 unspecified atom stereocenters. The normalized spacial score (nSPS) is 14.0. The number of hydrogen-bond acceptors (Lipinski definition) is 3. The fourth-order valence-electron chi connectivity index (χ4n) is 7.71. The number of rotatable bonds is 7. The van der Waals surface area contributed by atoms with Gasteiger partial charge in [-0.2, -0.15) is 0 Å². The third-order valence-electron chi connectivity index (χ3n) is 10.5. The van der Waals surface area contributed by atoms with Crippen LogP contribution in [0.2, 0.25) is 0 Å². The Labute approximate surface area is 320 Å². The molecule has 0 radical (unpaired) electrons. The number of benzene rings is 8. The Hall–Kier alpha value is -7.30. The molecule has 8 aromatic carbocycles. The van der Waals surface area contributed by atoms with Gasteiger partial charge in [0.25, 0.3) is 0 Å². The average Bonchev–Trinajstić information content (AvgIpc) is 3.61. The van der Waals surface area contributed by atoms with E-state index in [2.05, 4.69) is 192 Å². The molecule has 0 fully saturated rings. The SMILES string of the molecule is c1ccc(C2=NC(c3cccc(-c4ccccc4)c3)NC(c3cccc(-c4ccc(-n5c6ccccc6c6ccc(-c7ccccc7)cc65)cc4)c3)=N2)cc1. The first-order chi connectivity index (χ1) is 27.2. The molecule has 0 saturated carbocycles. The quantitative estimate of drug-likeness (QED) is 0.176. The molecule has 0 aliphatic carbocycles. The summed E-state index contributed by atoms with van der Waals surface area (Å²) in [5, 5.41) is 6.18. The lowest BCUT2D eigenvalue weighted by Gasteiger charge is -2.24. The minimum Gasteiger partial charge on any atom is -0.344 e. The molecule has 260 valence electrons. The molecule has 0 bridgehead atoms. The van der Waals surface area contributed by atoms with Crippen molar-refractivity contribution < 1.29 is 0 Å². The third kappa shape index (κ3) is 6.20. The van der Waals surface area contributed by atoms with Crippen LogP contribution in [-0.4, -0.2) is 16.2 Å². The summed E-state index contributed by atoms with van der Waals surface area (Å²) in [5.41, 5.74) is 13.6. The molecule has 1 aliphatic rings. The largest absolute Gasteiger partial charge is 0.344 e. The maximum atomic E-state index is 5.13. The fourth-order valence-corrected chi connectivity index (χ4v) is 7.71. The Bertz CT molecular complexity index is 2870. The van der Waals surface area contributed by atoms with Crippen molar-refractivity contribution in [1.82, 2.24) is 9.88 Å². The van der Waals surface area contributed by atoms with E-state index in [1.165, 1.54) is 38.5 Å². The van der Waals surface area contributed by atoms with E-state index in [0.717, 1.165) is 44.9 Å². The zero-order chi connectivity index (χ0) is 36.6. The van der Waals surface area contributed by atoms with Gasteiger partial charge < -0.3 is 9.88 Å². The van der Waals surface area contributed by atoms with Crippen LogP contribution in [-0.2, 0) is 0 Å². The van der Waals surface area contributed by atoms with Gasteiger partial charge in [-0.1, -0.05) is 170 Å². The Morgan fingerprint density at radius 3 is 1.64 bits per heavy atom. The van der Waals surface area contributed by atoms with Crippen LogP contribution < -0.4 is 5.32 Å². The lowest BCUT2D eigenvalue weighted by atomic mass is 10.0. The van der Waals surface area contributed by atoms with Crippen molar-refractivity contribution in [2.24, 2.45) is 9.98 Å². The van der Waals surface area contributed by atoms with E-state index in [0.29, 0.717) is 5.84 Å². The number of aliphatic imine (C=N–C) groups is 2. The van der Waals surface area contributed by atoms with Crippen molar-refractivity contribution >= 4 is 33.5 Å². The molecule has 0 spiro atoms. The minimum absolute atomic E-state index is 0.303. The number of nitrogens with one attached hydrogen (secondary N) is 1. The molecule has 55 heavy (non-hydrogen) atoms. The van der Waals surface area contributed by atoms with Gasteiger partial charge in [-0.15, -0.1) is 0 Å². The minimum atomic E-state index is -0.303. The summed E-state index contributed by atoms with van der Waals surface area (Å²) in [6.45, 7) is 0. The van der Waals surface area contributed by atoms with Crippen LogP contribution in [0.25, 0.3) is 60.9 Å². The van der Waals surface area contributed by atoms with Crippen LogP contribution in [0.1, 0.15) is 22.9 Å². The van der Waals surface area contributed by atoms with E-state index in [1.807, 2.05) is 24.3 Å². The van der Waals surface area contributed by atoms with Gasteiger partial charge in [0.1, 0.15) is 12.0 Å². The van der Waals surface area contributed by atoms with E-state index in [9.17, 15) is 0 Å². The second kappa shape index (κ2) is 13.9. The van der Waals surface area contributed by atoms with E-state index in [1.54, 1.807) is 0 Å². The molecular weight excluding hydrogens is 669 g/mol. The lowest BCUT2D eigenvalue weighted by Crippen LogP contribution is -2.33. The van der Waals surface area contributed by atoms with Crippen molar-refractivity contribution in [3.05, 3.63) is 223 Å². The average molecular weight is 705 g/mol. The summed E-state index contributed by atoms with van der Waals surface area (Å²) in [5.74, 6) is 1.50. The topological polar surface area (TPSA) is 41.7 Å². The summed E-state index contributed by atoms with van der Waals surface area (Å²) in [6.07, 6.45) is -0.303. The number of aromatic nitrogens is 1. The van der Waals surface area contributed by atoms with E-state index in [4.69, 9.17) is 9.98 Å². The highest BCUT2D eigenvalue weighted by atomic mass is 15.2. The van der Waals surface area contributed by atoms with Crippen LogP contribution >= 0.6 is 0 Å². The predicted octanol–water partition coefficient (Wildman–Crippen LogP) is 12.3. The second-order valence-corrected chi connectivity index (χ2v) is 13.9. The maximum absolute atomic E-state index is 5.13. The van der Waals surface area contributed by atoms with Crippen LogP contribution in [0.4, 0.5) is 0 Å². The molecule has 0 amide bonds. The molecule has 1 aliphatic heterocycles. The summed E-state index contributed by atoms with van der Waals surface area (Å²) < 4.78 is 2.38. The van der Waals surface area contributed by atoms with E-state index in [-0.39, 0.29) is 6.17 Å². The van der Waals surface area contributed by atoms with Gasteiger partial charge in [0, 0.05) is 27.6 Å². The molecule has 0 saturated heterocycles. The molecule has 1 aromatic heterocycles. The molecule has 2 heterocycles. The van der Waals surface area contributed by atoms with Gasteiger partial charge >= 0.3 is 0 Å². The van der Waals surface area contributed by atoms with Gasteiger partial charge in [-0.3, -0.25) is 0 Å². The maximum Gasteiger partial charge on any atom is 0.159 e. The Balaban J connectivity index is 1.00. The molecule has 4 heteroatoms.